The number of ether oxygens (including phenoxy) is 3. The minimum atomic E-state index is 0.203. The first kappa shape index (κ1) is 21.2. The predicted molar refractivity (Wildman–Crippen MR) is 123 cm³/mol. The third-order valence-corrected chi connectivity index (χ3v) is 5.68. The van der Waals surface area contributed by atoms with Crippen molar-refractivity contribution in [2.24, 2.45) is 0 Å². The summed E-state index contributed by atoms with van der Waals surface area (Å²) in [6, 6.07) is 12.1. The first-order chi connectivity index (χ1) is 15.1. The van der Waals surface area contributed by atoms with Crippen LogP contribution in [0.5, 0.6) is 17.2 Å². The van der Waals surface area contributed by atoms with Crippen LogP contribution in [0, 0.1) is 0 Å². The number of hydrogen-bond donors (Lipinski definition) is 1. The average molecular weight is 423 g/mol. The summed E-state index contributed by atoms with van der Waals surface area (Å²) in [5, 5.41) is 4.20. The van der Waals surface area contributed by atoms with Crippen molar-refractivity contribution in [3.8, 4) is 17.2 Å². The Labute approximate surface area is 183 Å². The monoisotopic (exact) mass is 422 g/mol. The van der Waals surface area contributed by atoms with E-state index in [0.29, 0.717) is 23.5 Å². The van der Waals surface area contributed by atoms with Crippen LogP contribution in [-0.2, 0) is 0 Å². The zero-order valence-electron chi connectivity index (χ0n) is 18.6. The number of hydrogen-bond acceptors (Lipinski definition) is 7. The number of methoxy groups -OCH3 is 2. The molecule has 1 aliphatic heterocycles. The number of likely N-dealkylation sites (tertiary alicyclic amines) is 1. The summed E-state index contributed by atoms with van der Waals surface area (Å²) in [6.07, 6.45) is 4.06. The molecule has 4 rings (SSSR count). The minimum Gasteiger partial charge on any atom is -0.497 e. The zero-order chi connectivity index (χ0) is 21.8. The topological polar surface area (TPSA) is 68.7 Å². The van der Waals surface area contributed by atoms with Crippen LogP contribution in [-0.4, -0.2) is 54.3 Å². The highest BCUT2D eigenvalue weighted by atomic mass is 16.5. The number of nitrogens with one attached hydrogen (secondary N) is 1. The molecule has 3 aromatic rings. The van der Waals surface area contributed by atoms with E-state index in [1.54, 1.807) is 14.2 Å². The Balaban J connectivity index is 1.55. The van der Waals surface area contributed by atoms with Crippen molar-refractivity contribution in [2.75, 3.05) is 32.6 Å². The van der Waals surface area contributed by atoms with E-state index in [1.807, 2.05) is 42.6 Å². The average Bonchev–Trinajstić information content (AvgIpc) is 2.79. The van der Waals surface area contributed by atoms with Gasteiger partial charge in [-0.1, -0.05) is 12.1 Å². The van der Waals surface area contributed by atoms with Crippen LogP contribution in [0.4, 0.5) is 11.6 Å². The number of fused-ring (bicyclic) bond motifs is 1. The Kier molecular flexibility index (Phi) is 6.42. The van der Waals surface area contributed by atoms with Crippen molar-refractivity contribution in [1.29, 1.82) is 0 Å². The lowest BCUT2D eigenvalue weighted by molar-refractivity contribution is 0.0852. The smallest absolute Gasteiger partial charge is 0.227 e. The molecule has 0 spiro atoms. The number of para-hydroxylation sites is 1. The second-order valence-electron chi connectivity index (χ2n) is 8.06. The Morgan fingerprint density at radius 2 is 1.74 bits per heavy atom. The maximum absolute atomic E-state index is 6.39. The highest BCUT2D eigenvalue weighted by Gasteiger charge is 2.22. The molecule has 0 radical (unpaired) electrons. The third kappa shape index (κ3) is 4.99. The summed E-state index contributed by atoms with van der Waals surface area (Å²) in [4.78, 5) is 11.7. The molecular formula is C24H30N4O3. The molecule has 1 fully saturated rings. The number of benzene rings is 2. The van der Waals surface area contributed by atoms with Gasteiger partial charge in [0.25, 0.3) is 0 Å². The van der Waals surface area contributed by atoms with Gasteiger partial charge >= 0.3 is 0 Å². The molecule has 7 nitrogen and oxygen atoms in total. The molecule has 1 saturated heterocycles. The van der Waals surface area contributed by atoms with Gasteiger partial charge < -0.3 is 24.4 Å². The van der Waals surface area contributed by atoms with E-state index in [1.165, 1.54) is 0 Å². The summed E-state index contributed by atoms with van der Waals surface area (Å²) in [6.45, 7) is 6.61. The van der Waals surface area contributed by atoms with Gasteiger partial charge in [-0.3, -0.25) is 0 Å². The van der Waals surface area contributed by atoms with Crippen LogP contribution in [0.25, 0.3) is 10.9 Å². The highest BCUT2D eigenvalue weighted by molar-refractivity contribution is 5.85. The number of rotatable bonds is 7. The van der Waals surface area contributed by atoms with Crippen molar-refractivity contribution in [1.82, 2.24) is 14.9 Å². The van der Waals surface area contributed by atoms with Crippen LogP contribution >= 0.6 is 0 Å². The molecule has 1 aromatic heterocycles. The second-order valence-corrected chi connectivity index (χ2v) is 8.06. The van der Waals surface area contributed by atoms with Crippen LogP contribution in [0.15, 0.2) is 42.6 Å². The Hall–Kier alpha value is -3.06. The molecule has 2 heterocycles. The van der Waals surface area contributed by atoms with Crippen molar-refractivity contribution < 1.29 is 14.2 Å². The normalized spacial score (nSPS) is 15.3. The number of piperidine rings is 1. The summed E-state index contributed by atoms with van der Waals surface area (Å²) in [5.74, 6) is 2.68. The molecule has 0 saturated carbocycles. The molecule has 31 heavy (non-hydrogen) atoms. The predicted octanol–water partition coefficient (Wildman–Crippen LogP) is 4.64. The fourth-order valence-corrected chi connectivity index (χ4v) is 3.88. The van der Waals surface area contributed by atoms with Gasteiger partial charge in [0.1, 0.15) is 28.9 Å². The summed E-state index contributed by atoms with van der Waals surface area (Å²) in [5.41, 5.74) is 1.59. The van der Waals surface area contributed by atoms with Gasteiger partial charge in [0.15, 0.2) is 0 Å². The largest absolute Gasteiger partial charge is 0.497 e. The van der Waals surface area contributed by atoms with Crippen LogP contribution in [0.3, 0.4) is 0 Å². The molecule has 7 heteroatoms. The second kappa shape index (κ2) is 9.39. The van der Waals surface area contributed by atoms with E-state index < -0.39 is 0 Å². The number of nitrogens with zero attached hydrogens (tertiary/aromatic N) is 3. The maximum atomic E-state index is 6.39. The molecule has 2 aromatic carbocycles. The van der Waals surface area contributed by atoms with E-state index in [0.717, 1.165) is 48.3 Å². The Morgan fingerprint density at radius 3 is 2.39 bits per heavy atom. The molecule has 0 unspecified atom stereocenters. The molecule has 0 amide bonds. The lowest BCUT2D eigenvalue weighted by Gasteiger charge is -2.34. The summed E-state index contributed by atoms with van der Waals surface area (Å²) >= 11 is 0. The first-order valence-corrected chi connectivity index (χ1v) is 10.7. The first-order valence-electron chi connectivity index (χ1n) is 10.7. The fourth-order valence-electron chi connectivity index (χ4n) is 3.88. The Bertz CT molecular complexity index is 1010. The zero-order valence-corrected chi connectivity index (χ0v) is 18.6. The van der Waals surface area contributed by atoms with Gasteiger partial charge in [0.2, 0.25) is 5.95 Å². The summed E-state index contributed by atoms with van der Waals surface area (Å²) < 4.78 is 17.1. The molecule has 1 aliphatic rings. The standard InChI is InChI=1S/C24H30N4O3/c1-16(2)28-10-8-19(9-11-28)31-22-7-5-6-17-15-25-24(27-23(17)22)26-18-12-20(29-3)14-21(13-18)30-4/h5-7,12-16,19H,8-11H2,1-4H3,(H,25,26,27). The molecule has 0 atom stereocenters. The van der Waals surface area contributed by atoms with Gasteiger partial charge in [-0.15, -0.1) is 0 Å². The lowest BCUT2D eigenvalue weighted by atomic mass is 10.1. The van der Waals surface area contributed by atoms with Gasteiger partial charge in [-0.2, -0.15) is 0 Å². The van der Waals surface area contributed by atoms with E-state index >= 15 is 0 Å². The van der Waals surface area contributed by atoms with Crippen molar-refractivity contribution in [2.45, 2.75) is 38.8 Å². The van der Waals surface area contributed by atoms with Crippen LogP contribution in [0.1, 0.15) is 26.7 Å². The molecule has 0 aliphatic carbocycles. The SMILES string of the molecule is COc1cc(Nc2ncc3cccc(OC4CCN(C(C)C)CC4)c3n2)cc(OC)c1. The van der Waals surface area contributed by atoms with E-state index in [2.05, 4.69) is 29.0 Å². The van der Waals surface area contributed by atoms with E-state index in [-0.39, 0.29) is 6.10 Å². The summed E-state index contributed by atoms with van der Waals surface area (Å²) in [7, 11) is 3.25. The van der Waals surface area contributed by atoms with Gasteiger partial charge in [-0.25, -0.2) is 9.97 Å². The maximum Gasteiger partial charge on any atom is 0.227 e. The Morgan fingerprint density at radius 1 is 1.03 bits per heavy atom. The van der Waals surface area contributed by atoms with Gasteiger partial charge in [-0.05, 0) is 32.8 Å². The van der Waals surface area contributed by atoms with Crippen molar-refractivity contribution in [3.05, 3.63) is 42.6 Å². The molecule has 1 N–H and O–H groups in total. The molecule has 0 bridgehead atoms. The van der Waals surface area contributed by atoms with E-state index in [9.17, 15) is 0 Å². The minimum absolute atomic E-state index is 0.203. The van der Waals surface area contributed by atoms with Gasteiger partial charge in [0, 0.05) is 54.6 Å². The van der Waals surface area contributed by atoms with Crippen molar-refractivity contribution in [3.63, 3.8) is 0 Å². The highest BCUT2D eigenvalue weighted by Crippen LogP contribution is 2.30. The van der Waals surface area contributed by atoms with Crippen LogP contribution < -0.4 is 19.5 Å². The molecular weight excluding hydrogens is 392 g/mol. The van der Waals surface area contributed by atoms with Crippen LogP contribution in [0.2, 0.25) is 0 Å². The third-order valence-electron chi connectivity index (χ3n) is 5.68. The lowest BCUT2D eigenvalue weighted by Crippen LogP contribution is -2.41. The fraction of sp³-hybridized carbons (Fsp3) is 0.417. The molecule has 164 valence electrons. The quantitative estimate of drug-likeness (QED) is 0.595. The van der Waals surface area contributed by atoms with E-state index in [4.69, 9.17) is 19.2 Å². The number of aromatic nitrogens is 2. The van der Waals surface area contributed by atoms with Crippen molar-refractivity contribution >= 4 is 22.5 Å². The van der Waals surface area contributed by atoms with Gasteiger partial charge in [0.05, 0.1) is 14.2 Å². The number of anilines is 2.